The highest BCUT2D eigenvalue weighted by molar-refractivity contribution is 5.98. The average Bonchev–Trinajstić information content (AvgIpc) is 2.66. The molecule has 1 aromatic heterocycles. The van der Waals surface area contributed by atoms with Crippen LogP contribution in [-0.4, -0.2) is 28.8 Å². The van der Waals surface area contributed by atoms with E-state index in [1.807, 2.05) is 18.2 Å². The molecule has 27 heavy (non-hydrogen) atoms. The van der Waals surface area contributed by atoms with Gasteiger partial charge in [0.1, 0.15) is 0 Å². The lowest BCUT2D eigenvalue weighted by atomic mass is 9.86. The molecule has 140 valence electrons. The largest absolute Gasteiger partial charge is 0.340 e. The fourth-order valence-electron chi connectivity index (χ4n) is 4.39. The summed E-state index contributed by atoms with van der Waals surface area (Å²) in [5.41, 5.74) is 2.78. The van der Waals surface area contributed by atoms with Crippen LogP contribution in [0.3, 0.4) is 0 Å². The Morgan fingerprint density at radius 2 is 1.81 bits per heavy atom. The topological polar surface area (TPSA) is 46.1 Å². The van der Waals surface area contributed by atoms with E-state index in [2.05, 4.69) is 48.0 Å². The van der Waals surface area contributed by atoms with Crippen molar-refractivity contribution in [1.82, 2.24) is 9.97 Å². The number of hydrogen-bond acceptors (Lipinski definition) is 4. The van der Waals surface area contributed by atoms with Crippen LogP contribution in [0, 0.1) is 17.8 Å². The van der Waals surface area contributed by atoms with Crippen molar-refractivity contribution < 1.29 is 4.79 Å². The first kappa shape index (κ1) is 17.9. The van der Waals surface area contributed by atoms with Crippen LogP contribution in [0.4, 0.5) is 5.95 Å². The average molecular weight is 361 g/mol. The lowest BCUT2D eigenvalue weighted by molar-refractivity contribution is 0.0957. The molecule has 3 unspecified atom stereocenters. The molecule has 0 amide bonds. The van der Waals surface area contributed by atoms with Gasteiger partial charge in [-0.2, -0.15) is 0 Å². The number of rotatable bonds is 3. The Labute approximate surface area is 161 Å². The number of carbonyl (C=O) groups is 1. The number of piperidine rings is 1. The monoisotopic (exact) mass is 361 g/mol. The third-order valence-electron chi connectivity index (χ3n) is 5.57. The number of nitrogens with zero attached hydrogens (tertiary/aromatic N) is 3. The van der Waals surface area contributed by atoms with Crippen molar-refractivity contribution in [2.24, 2.45) is 17.8 Å². The highest BCUT2D eigenvalue weighted by atomic mass is 16.1. The van der Waals surface area contributed by atoms with Gasteiger partial charge in [-0.15, -0.1) is 0 Å². The minimum atomic E-state index is 0.158. The van der Waals surface area contributed by atoms with Gasteiger partial charge in [-0.1, -0.05) is 56.3 Å². The Kier molecular flexibility index (Phi) is 5.06. The van der Waals surface area contributed by atoms with Gasteiger partial charge in [0.25, 0.3) is 0 Å². The first-order chi connectivity index (χ1) is 13.1. The molecular formula is C23H27N3O. The van der Waals surface area contributed by atoms with Crippen molar-refractivity contribution in [3.05, 3.63) is 59.4 Å². The van der Waals surface area contributed by atoms with E-state index in [0.29, 0.717) is 23.8 Å². The van der Waals surface area contributed by atoms with Gasteiger partial charge in [0.2, 0.25) is 5.95 Å². The normalized spacial score (nSPS) is 25.6. The Bertz CT molecular complexity index is 836. The summed E-state index contributed by atoms with van der Waals surface area (Å²) in [6.07, 6.45) is 8.62. The Balaban J connectivity index is 1.54. The molecule has 0 bridgehead atoms. The Morgan fingerprint density at radius 1 is 1.07 bits per heavy atom. The second kappa shape index (κ2) is 7.63. The lowest BCUT2D eigenvalue weighted by Crippen LogP contribution is -2.40. The number of aromatic nitrogens is 2. The minimum Gasteiger partial charge on any atom is -0.340 e. The van der Waals surface area contributed by atoms with Crippen molar-refractivity contribution in [3.63, 3.8) is 0 Å². The van der Waals surface area contributed by atoms with Gasteiger partial charge < -0.3 is 4.90 Å². The lowest BCUT2D eigenvalue weighted by Gasteiger charge is -2.35. The van der Waals surface area contributed by atoms with Crippen LogP contribution < -0.4 is 4.90 Å². The maximum absolute atomic E-state index is 12.6. The summed E-state index contributed by atoms with van der Waals surface area (Å²) < 4.78 is 0. The molecule has 4 nitrogen and oxygen atoms in total. The van der Waals surface area contributed by atoms with E-state index in [0.717, 1.165) is 36.7 Å². The maximum Gasteiger partial charge on any atom is 0.225 e. The third-order valence-corrected chi connectivity index (χ3v) is 5.57. The number of anilines is 1. The predicted octanol–water partition coefficient (Wildman–Crippen LogP) is 4.42. The van der Waals surface area contributed by atoms with Crippen LogP contribution in [0.1, 0.15) is 48.3 Å². The maximum atomic E-state index is 12.6. The smallest absolute Gasteiger partial charge is 0.225 e. The van der Waals surface area contributed by atoms with Gasteiger partial charge in [-0.3, -0.25) is 4.79 Å². The van der Waals surface area contributed by atoms with Gasteiger partial charge >= 0.3 is 0 Å². The summed E-state index contributed by atoms with van der Waals surface area (Å²) in [4.78, 5) is 24.2. The number of allylic oxidation sites excluding steroid dienone is 1. The van der Waals surface area contributed by atoms with Crippen LogP contribution in [0.2, 0.25) is 0 Å². The summed E-state index contributed by atoms with van der Waals surface area (Å²) in [6.45, 7) is 6.56. The van der Waals surface area contributed by atoms with Crippen LogP contribution >= 0.6 is 0 Å². The molecule has 1 aromatic carbocycles. The molecule has 4 rings (SSSR count). The first-order valence-electron chi connectivity index (χ1n) is 9.96. The van der Waals surface area contributed by atoms with Crippen LogP contribution in [-0.2, 0) is 6.42 Å². The second-order valence-corrected chi connectivity index (χ2v) is 8.24. The molecule has 1 aliphatic heterocycles. The molecule has 2 aliphatic rings. The van der Waals surface area contributed by atoms with Gasteiger partial charge in [0.15, 0.2) is 5.78 Å². The van der Waals surface area contributed by atoms with E-state index >= 15 is 0 Å². The SMILES string of the molecule is CC1CC(C)CN(c2ncc3c(n2)CC(/C=C/c2ccccc2)CC3=O)C1. The van der Waals surface area contributed by atoms with Crippen molar-refractivity contribution in [2.75, 3.05) is 18.0 Å². The van der Waals surface area contributed by atoms with Gasteiger partial charge in [-0.05, 0) is 36.2 Å². The summed E-state index contributed by atoms with van der Waals surface area (Å²) in [7, 11) is 0. The Hall–Kier alpha value is -2.49. The molecule has 1 aliphatic carbocycles. The van der Waals surface area contributed by atoms with Crippen molar-refractivity contribution in [1.29, 1.82) is 0 Å². The van der Waals surface area contributed by atoms with Gasteiger partial charge in [0.05, 0.1) is 11.3 Å². The summed E-state index contributed by atoms with van der Waals surface area (Å²) >= 11 is 0. The van der Waals surface area contributed by atoms with Gasteiger partial charge in [-0.25, -0.2) is 9.97 Å². The number of fused-ring (bicyclic) bond motifs is 1. The highest BCUT2D eigenvalue weighted by Gasteiger charge is 2.28. The fraction of sp³-hybridized carbons (Fsp3) is 0.435. The van der Waals surface area contributed by atoms with E-state index in [-0.39, 0.29) is 11.7 Å². The number of Topliss-reactive ketones (excluding diaryl/α,β-unsaturated/α-hetero) is 1. The summed E-state index contributed by atoms with van der Waals surface area (Å²) in [5, 5.41) is 0. The van der Waals surface area contributed by atoms with Crippen LogP contribution in [0.25, 0.3) is 6.08 Å². The molecule has 1 fully saturated rings. The number of ketones is 1. The quantitative estimate of drug-likeness (QED) is 0.812. The molecule has 0 radical (unpaired) electrons. The molecule has 2 heterocycles. The van der Waals surface area contributed by atoms with Crippen molar-refractivity contribution in [3.8, 4) is 0 Å². The molecular weight excluding hydrogens is 334 g/mol. The first-order valence-corrected chi connectivity index (χ1v) is 9.96. The number of carbonyl (C=O) groups excluding carboxylic acids is 1. The molecule has 4 heteroatoms. The standard InChI is InChI=1S/C23H27N3O/c1-16-10-17(2)15-26(14-16)23-24-13-20-21(25-23)11-19(12-22(20)27)9-8-18-6-4-3-5-7-18/h3-9,13,16-17,19H,10-12,14-15H2,1-2H3/b9-8+. The summed E-state index contributed by atoms with van der Waals surface area (Å²) in [6, 6.07) is 10.2. The molecule has 3 atom stereocenters. The van der Waals surface area contributed by atoms with Crippen molar-refractivity contribution >= 4 is 17.8 Å². The highest BCUT2D eigenvalue weighted by Crippen LogP contribution is 2.29. The zero-order valence-electron chi connectivity index (χ0n) is 16.1. The molecule has 1 saturated heterocycles. The van der Waals surface area contributed by atoms with Crippen molar-refractivity contribution in [2.45, 2.75) is 33.1 Å². The van der Waals surface area contributed by atoms with Crippen LogP contribution in [0.5, 0.6) is 0 Å². The van der Waals surface area contributed by atoms with E-state index in [9.17, 15) is 4.79 Å². The molecule has 0 saturated carbocycles. The Morgan fingerprint density at radius 3 is 2.56 bits per heavy atom. The molecule has 0 N–H and O–H groups in total. The van der Waals surface area contributed by atoms with E-state index in [1.54, 1.807) is 6.20 Å². The number of hydrogen-bond donors (Lipinski definition) is 0. The third kappa shape index (κ3) is 4.10. The summed E-state index contributed by atoms with van der Waals surface area (Å²) in [5.74, 6) is 2.44. The van der Waals surface area contributed by atoms with E-state index < -0.39 is 0 Å². The zero-order valence-corrected chi connectivity index (χ0v) is 16.1. The zero-order chi connectivity index (χ0) is 18.8. The predicted molar refractivity (Wildman–Crippen MR) is 109 cm³/mol. The molecule has 0 spiro atoms. The number of benzene rings is 1. The molecule has 2 aromatic rings. The van der Waals surface area contributed by atoms with E-state index in [4.69, 9.17) is 4.98 Å². The minimum absolute atomic E-state index is 0.158. The van der Waals surface area contributed by atoms with Gasteiger partial charge in [0, 0.05) is 25.7 Å². The fourth-order valence-corrected chi connectivity index (χ4v) is 4.39. The van der Waals surface area contributed by atoms with Crippen LogP contribution in [0.15, 0.2) is 42.6 Å². The van der Waals surface area contributed by atoms with E-state index in [1.165, 1.54) is 6.42 Å². The second-order valence-electron chi connectivity index (χ2n) is 8.24.